The summed E-state index contributed by atoms with van der Waals surface area (Å²) in [6, 6.07) is 9.54. The second kappa shape index (κ2) is 5.14. The Morgan fingerprint density at radius 1 is 1.44 bits per heavy atom. The first-order valence-electron chi connectivity index (χ1n) is 5.51. The van der Waals surface area contributed by atoms with Gasteiger partial charge in [-0.05, 0) is 12.1 Å². The highest BCUT2D eigenvalue weighted by atomic mass is 32.1. The molecule has 0 radical (unpaired) electrons. The fraction of sp³-hybridized carbons (Fsp3) is 0.250. The fourth-order valence-corrected chi connectivity index (χ4v) is 1.92. The average molecular weight is 263 g/mol. The molecule has 1 aromatic heterocycles. The van der Waals surface area contributed by atoms with Gasteiger partial charge in [0.1, 0.15) is 5.69 Å². The molecule has 1 aromatic carbocycles. The Labute approximate surface area is 110 Å². The molecule has 1 N–H and O–H groups in total. The first-order chi connectivity index (χ1) is 8.59. The predicted octanol–water partition coefficient (Wildman–Crippen LogP) is 0.620. The molecule has 1 heterocycles. The zero-order valence-electron chi connectivity index (χ0n) is 9.91. The molecule has 94 valence electrons. The van der Waals surface area contributed by atoms with Crippen molar-refractivity contribution in [1.29, 1.82) is 0 Å². The van der Waals surface area contributed by atoms with Crippen LogP contribution in [0.4, 0.5) is 0 Å². The summed E-state index contributed by atoms with van der Waals surface area (Å²) in [7, 11) is 1.80. The van der Waals surface area contributed by atoms with Crippen molar-refractivity contribution < 1.29 is 14.5 Å². The van der Waals surface area contributed by atoms with Gasteiger partial charge in [0.05, 0.1) is 13.5 Å². The lowest BCUT2D eigenvalue weighted by atomic mass is 10.2. The van der Waals surface area contributed by atoms with E-state index in [0.29, 0.717) is 11.6 Å². The number of carbonyl (C=O) groups is 1. The normalized spacial score (nSPS) is 10.5. The first kappa shape index (κ1) is 12.5. The topological polar surface area (TPSA) is 59.0 Å². The summed E-state index contributed by atoms with van der Waals surface area (Å²) < 4.78 is 3.44. The van der Waals surface area contributed by atoms with Crippen LogP contribution in [-0.4, -0.2) is 20.9 Å². The molecule has 0 aliphatic rings. The smallest absolute Gasteiger partial charge is 0.303 e. The monoisotopic (exact) mass is 263 g/mol. The summed E-state index contributed by atoms with van der Waals surface area (Å²) in [5.41, 5.74) is 0.879. The van der Waals surface area contributed by atoms with Crippen molar-refractivity contribution in [1.82, 2.24) is 9.78 Å². The molecule has 0 bridgehead atoms. The minimum Gasteiger partial charge on any atom is -0.703 e. The molecule has 0 saturated carbocycles. The van der Waals surface area contributed by atoms with E-state index >= 15 is 0 Å². The van der Waals surface area contributed by atoms with Gasteiger partial charge in [0.15, 0.2) is 5.16 Å². The van der Waals surface area contributed by atoms with Crippen molar-refractivity contribution in [3.63, 3.8) is 0 Å². The Kier molecular flexibility index (Phi) is 3.57. The summed E-state index contributed by atoms with van der Waals surface area (Å²) in [5.74, 6) is -0.0460. The molecule has 0 unspecified atom stereocenters. The zero-order valence-corrected chi connectivity index (χ0v) is 10.7. The fourth-order valence-electron chi connectivity index (χ4n) is 1.73. The maximum absolute atomic E-state index is 10.7. The number of aromatic nitrogens is 3. The van der Waals surface area contributed by atoms with Crippen molar-refractivity contribution in [3.05, 3.63) is 36.2 Å². The van der Waals surface area contributed by atoms with Gasteiger partial charge in [-0.25, -0.2) is 0 Å². The molecule has 0 aliphatic carbocycles. The van der Waals surface area contributed by atoms with Crippen LogP contribution in [0.5, 0.6) is 0 Å². The number of nitrogens with zero attached hydrogens (tertiary/aromatic N) is 3. The molecule has 0 saturated heterocycles. The molecule has 6 heteroatoms. The van der Waals surface area contributed by atoms with E-state index in [-0.39, 0.29) is 6.42 Å². The third-order valence-corrected chi connectivity index (χ3v) is 3.02. The van der Waals surface area contributed by atoms with Crippen molar-refractivity contribution in [2.45, 2.75) is 18.0 Å². The number of aliphatic carboxylic acids is 1. The van der Waals surface area contributed by atoms with Gasteiger partial charge in [-0.2, -0.15) is 0 Å². The molecule has 0 amide bonds. The Balaban J connectivity index is 2.41. The van der Waals surface area contributed by atoms with Gasteiger partial charge in [-0.3, -0.25) is 9.36 Å². The summed E-state index contributed by atoms with van der Waals surface area (Å²) in [6.07, 6.45) is 0.450. The van der Waals surface area contributed by atoms with E-state index in [1.807, 2.05) is 30.3 Å². The largest absolute Gasteiger partial charge is 0.703 e. The van der Waals surface area contributed by atoms with E-state index in [0.717, 1.165) is 11.5 Å². The van der Waals surface area contributed by atoms with Crippen LogP contribution in [0.15, 0.2) is 35.5 Å². The third-order valence-electron chi connectivity index (χ3n) is 2.67. The summed E-state index contributed by atoms with van der Waals surface area (Å²) in [6.45, 7) is 0. The molecule has 2 rings (SSSR count). The Morgan fingerprint density at radius 2 is 2.11 bits per heavy atom. The van der Waals surface area contributed by atoms with Gasteiger partial charge < -0.3 is 17.7 Å². The van der Waals surface area contributed by atoms with E-state index in [2.05, 4.69) is 5.10 Å². The van der Waals surface area contributed by atoms with E-state index in [9.17, 15) is 4.79 Å². The maximum atomic E-state index is 10.7. The number of hydrogen-bond acceptors (Lipinski definition) is 3. The van der Waals surface area contributed by atoms with Crippen molar-refractivity contribution in [2.75, 3.05) is 0 Å². The van der Waals surface area contributed by atoms with E-state index < -0.39 is 5.97 Å². The standard InChI is InChI=1S/C12H13N3O2S/c1-14-10(7-8-11(16)17)15(13-12(14)18)9-5-3-2-4-6-9/h2-6H,7-8H2,1H3,(H-,13,16,17,18). The maximum Gasteiger partial charge on any atom is 0.303 e. The van der Waals surface area contributed by atoms with Crippen LogP contribution in [0.2, 0.25) is 0 Å². The van der Waals surface area contributed by atoms with Crippen LogP contribution in [0.25, 0.3) is 5.69 Å². The van der Waals surface area contributed by atoms with Gasteiger partial charge in [0.25, 0.3) is 0 Å². The van der Waals surface area contributed by atoms with E-state index in [1.54, 1.807) is 16.3 Å². The second-order valence-electron chi connectivity index (χ2n) is 3.90. The number of rotatable bonds is 4. The first-order valence-corrected chi connectivity index (χ1v) is 5.92. The molecule has 18 heavy (non-hydrogen) atoms. The van der Waals surface area contributed by atoms with Crippen LogP contribution in [0.3, 0.4) is 0 Å². The quantitative estimate of drug-likeness (QED) is 0.649. The predicted molar refractivity (Wildman–Crippen MR) is 66.3 cm³/mol. The van der Waals surface area contributed by atoms with Crippen LogP contribution in [-0.2, 0) is 30.9 Å². The highest BCUT2D eigenvalue weighted by Crippen LogP contribution is 2.09. The lowest BCUT2D eigenvalue weighted by molar-refractivity contribution is -0.716. The molecule has 0 aliphatic heterocycles. The number of carboxylic acids is 1. The van der Waals surface area contributed by atoms with Gasteiger partial charge in [0.2, 0.25) is 5.82 Å². The van der Waals surface area contributed by atoms with Gasteiger partial charge in [-0.1, -0.05) is 22.9 Å². The average Bonchev–Trinajstić information content (AvgIpc) is 2.64. The van der Waals surface area contributed by atoms with Crippen LogP contribution >= 0.6 is 0 Å². The van der Waals surface area contributed by atoms with Crippen molar-refractivity contribution in [3.8, 4) is 5.69 Å². The second-order valence-corrected chi connectivity index (χ2v) is 4.26. The highest BCUT2D eigenvalue weighted by Gasteiger charge is 2.19. The third kappa shape index (κ3) is 2.48. The van der Waals surface area contributed by atoms with Crippen molar-refractivity contribution >= 4 is 18.6 Å². The molecule has 0 atom stereocenters. The van der Waals surface area contributed by atoms with Crippen LogP contribution in [0, 0.1) is 0 Å². The van der Waals surface area contributed by atoms with Gasteiger partial charge in [0, 0.05) is 11.5 Å². The Hall–Kier alpha value is -1.95. The Morgan fingerprint density at radius 3 is 2.72 bits per heavy atom. The molecular formula is C12H13N3O2S. The summed E-state index contributed by atoms with van der Waals surface area (Å²) in [4.78, 5) is 10.7. The molecular weight excluding hydrogens is 250 g/mol. The van der Waals surface area contributed by atoms with E-state index in [1.165, 1.54) is 0 Å². The minimum atomic E-state index is -0.832. The molecule has 0 fully saturated rings. The van der Waals surface area contributed by atoms with Gasteiger partial charge >= 0.3 is 5.97 Å². The zero-order chi connectivity index (χ0) is 13.1. The SMILES string of the molecule is C[n+]1c([S-])nn(-c2ccccc2)c1CCC(=O)O. The van der Waals surface area contributed by atoms with E-state index in [4.69, 9.17) is 17.7 Å². The summed E-state index contributed by atoms with van der Waals surface area (Å²) >= 11 is 5.13. The van der Waals surface area contributed by atoms with Crippen LogP contribution in [0.1, 0.15) is 12.2 Å². The molecule has 5 nitrogen and oxygen atoms in total. The lowest BCUT2D eigenvalue weighted by Gasteiger charge is -2.00. The highest BCUT2D eigenvalue weighted by molar-refractivity contribution is 7.58. The minimum absolute atomic E-state index is 0.0567. The summed E-state index contributed by atoms with van der Waals surface area (Å²) in [5, 5.41) is 13.5. The Bertz CT molecular complexity index is 566. The number of benzene rings is 1. The van der Waals surface area contributed by atoms with Crippen LogP contribution < -0.4 is 4.57 Å². The van der Waals surface area contributed by atoms with Gasteiger partial charge in [-0.15, -0.1) is 0 Å². The molecule has 0 spiro atoms. The number of hydrogen-bond donors (Lipinski definition) is 1. The molecule has 2 aromatic rings. The lowest BCUT2D eigenvalue weighted by Crippen LogP contribution is -2.35. The number of para-hydroxylation sites is 1. The number of carboxylic acid groups (broad SMARTS) is 1. The van der Waals surface area contributed by atoms with Crippen molar-refractivity contribution in [2.24, 2.45) is 7.05 Å².